The SMILES string of the molecule is COc1ccc(C(NCC(C)C)C(=O)O)c(OC)c1. The van der Waals surface area contributed by atoms with E-state index < -0.39 is 12.0 Å². The van der Waals surface area contributed by atoms with Crippen LogP contribution in [0, 0.1) is 5.92 Å². The van der Waals surface area contributed by atoms with E-state index in [-0.39, 0.29) is 0 Å². The third-order valence-corrected chi connectivity index (χ3v) is 2.73. The second kappa shape index (κ2) is 6.99. The molecule has 0 bridgehead atoms. The van der Waals surface area contributed by atoms with E-state index in [1.807, 2.05) is 13.8 Å². The molecule has 1 unspecified atom stereocenters. The van der Waals surface area contributed by atoms with Gasteiger partial charge in [-0.15, -0.1) is 0 Å². The lowest BCUT2D eigenvalue weighted by atomic mass is 10.0. The van der Waals surface area contributed by atoms with Gasteiger partial charge in [0.1, 0.15) is 17.5 Å². The van der Waals surface area contributed by atoms with Crippen molar-refractivity contribution in [3.05, 3.63) is 23.8 Å². The van der Waals surface area contributed by atoms with Crippen molar-refractivity contribution in [1.82, 2.24) is 5.32 Å². The molecule has 0 aliphatic rings. The van der Waals surface area contributed by atoms with E-state index in [1.54, 1.807) is 25.3 Å². The summed E-state index contributed by atoms with van der Waals surface area (Å²) in [5.74, 6) is 0.576. The highest BCUT2D eigenvalue weighted by Gasteiger charge is 2.23. The van der Waals surface area contributed by atoms with Crippen molar-refractivity contribution in [2.24, 2.45) is 5.92 Å². The Labute approximate surface area is 113 Å². The molecule has 0 radical (unpaired) electrons. The third-order valence-electron chi connectivity index (χ3n) is 2.73. The molecule has 5 nitrogen and oxygen atoms in total. The molecular weight excluding hydrogens is 246 g/mol. The highest BCUT2D eigenvalue weighted by Crippen LogP contribution is 2.29. The van der Waals surface area contributed by atoms with Gasteiger partial charge in [-0.25, -0.2) is 0 Å². The van der Waals surface area contributed by atoms with Gasteiger partial charge in [0, 0.05) is 11.6 Å². The van der Waals surface area contributed by atoms with Gasteiger partial charge in [0.2, 0.25) is 0 Å². The maximum absolute atomic E-state index is 11.4. The Morgan fingerprint density at radius 3 is 2.47 bits per heavy atom. The van der Waals surface area contributed by atoms with Crippen LogP contribution in [-0.4, -0.2) is 31.8 Å². The van der Waals surface area contributed by atoms with Crippen LogP contribution in [0.2, 0.25) is 0 Å². The highest BCUT2D eigenvalue weighted by atomic mass is 16.5. The lowest BCUT2D eigenvalue weighted by Crippen LogP contribution is -2.31. The molecule has 0 aromatic heterocycles. The van der Waals surface area contributed by atoms with Crippen molar-refractivity contribution in [2.45, 2.75) is 19.9 Å². The van der Waals surface area contributed by atoms with E-state index in [4.69, 9.17) is 9.47 Å². The van der Waals surface area contributed by atoms with Crippen LogP contribution in [0.25, 0.3) is 0 Å². The first-order valence-corrected chi connectivity index (χ1v) is 6.17. The molecule has 1 rings (SSSR count). The number of nitrogens with one attached hydrogen (secondary N) is 1. The van der Waals surface area contributed by atoms with Gasteiger partial charge in [-0.05, 0) is 24.6 Å². The normalized spacial score (nSPS) is 12.3. The summed E-state index contributed by atoms with van der Waals surface area (Å²) in [4.78, 5) is 11.4. The molecule has 1 aromatic carbocycles. The summed E-state index contributed by atoms with van der Waals surface area (Å²) in [6.45, 7) is 4.67. The zero-order valence-corrected chi connectivity index (χ0v) is 11.8. The number of benzene rings is 1. The van der Waals surface area contributed by atoms with E-state index in [0.29, 0.717) is 29.5 Å². The van der Waals surface area contributed by atoms with Gasteiger partial charge in [-0.1, -0.05) is 13.8 Å². The zero-order valence-electron chi connectivity index (χ0n) is 11.8. The Balaban J connectivity index is 3.04. The van der Waals surface area contributed by atoms with Gasteiger partial charge in [0.25, 0.3) is 0 Å². The van der Waals surface area contributed by atoms with Gasteiger partial charge in [0.15, 0.2) is 0 Å². The molecule has 1 atom stereocenters. The van der Waals surface area contributed by atoms with Crippen molar-refractivity contribution in [1.29, 1.82) is 0 Å². The van der Waals surface area contributed by atoms with Crippen LogP contribution < -0.4 is 14.8 Å². The molecule has 0 aliphatic carbocycles. The third kappa shape index (κ3) is 4.13. The fourth-order valence-corrected chi connectivity index (χ4v) is 1.74. The predicted molar refractivity (Wildman–Crippen MR) is 72.8 cm³/mol. The van der Waals surface area contributed by atoms with Crippen LogP contribution in [-0.2, 0) is 4.79 Å². The summed E-state index contributed by atoms with van der Waals surface area (Å²) >= 11 is 0. The lowest BCUT2D eigenvalue weighted by Gasteiger charge is -2.19. The van der Waals surface area contributed by atoms with Crippen molar-refractivity contribution in [3.63, 3.8) is 0 Å². The van der Waals surface area contributed by atoms with Crippen LogP contribution in [0.1, 0.15) is 25.5 Å². The topological polar surface area (TPSA) is 67.8 Å². The van der Waals surface area contributed by atoms with Crippen LogP contribution >= 0.6 is 0 Å². The van der Waals surface area contributed by atoms with E-state index in [9.17, 15) is 9.90 Å². The fraction of sp³-hybridized carbons (Fsp3) is 0.500. The number of methoxy groups -OCH3 is 2. The standard InChI is InChI=1S/C14H21NO4/c1-9(2)8-15-13(14(16)17)11-6-5-10(18-3)7-12(11)19-4/h5-7,9,13,15H,8H2,1-4H3,(H,16,17). The van der Waals surface area contributed by atoms with Crippen LogP contribution in [0.3, 0.4) is 0 Å². The summed E-state index contributed by atoms with van der Waals surface area (Å²) in [6.07, 6.45) is 0. The Bertz CT molecular complexity index is 431. The second-order valence-corrected chi connectivity index (χ2v) is 4.68. The van der Waals surface area contributed by atoms with Crippen molar-refractivity contribution in [3.8, 4) is 11.5 Å². The lowest BCUT2D eigenvalue weighted by molar-refractivity contribution is -0.139. The molecule has 0 amide bonds. The van der Waals surface area contributed by atoms with Gasteiger partial charge in [-0.3, -0.25) is 4.79 Å². The Hall–Kier alpha value is -1.75. The quantitative estimate of drug-likeness (QED) is 0.791. The summed E-state index contributed by atoms with van der Waals surface area (Å²) in [7, 11) is 3.07. The molecular formula is C14H21NO4. The Kier molecular flexibility index (Phi) is 5.63. The number of hydrogen-bond acceptors (Lipinski definition) is 4. The molecule has 5 heteroatoms. The van der Waals surface area contributed by atoms with Crippen LogP contribution in [0.15, 0.2) is 18.2 Å². The number of rotatable bonds is 7. The Morgan fingerprint density at radius 2 is 2.00 bits per heavy atom. The largest absolute Gasteiger partial charge is 0.497 e. The van der Waals surface area contributed by atoms with E-state index in [0.717, 1.165) is 0 Å². The average Bonchev–Trinajstić information content (AvgIpc) is 2.38. The maximum Gasteiger partial charge on any atom is 0.325 e. The molecule has 0 saturated heterocycles. The first-order chi connectivity index (χ1) is 8.99. The number of ether oxygens (including phenoxy) is 2. The molecule has 106 valence electrons. The minimum absolute atomic E-state index is 0.367. The van der Waals surface area contributed by atoms with Gasteiger partial charge < -0.3 is 19.9 Å². The molecule has 0 heterocycles. The van der Waals surface area contributed by atoms with Gasteiger partial charge in [0.05, 0.1) is 14.2 Å². The summed E-state index contributed by atoms with van der Waals surface area (Å²) in [5, 5.41) is 12.4. The minimum atomic E-state index is -0.927. The van der Waals surface area contributed by atoms with Gasteiger partial charge >= 0.3 is 5.97 Å². The predicted octanol–water partition coefficient (Wildman–Crippen LogP) is 2.08. The number of carboxylic acid groups (broad SMARTS) is 1. The zero-order chi connectivity index (χ0) is 14.4. The average molecular weight is 267 g/mol. The van der Waals surface area contributed by atoms with Gasteiger partial charge in [-0.2, -0.15) is 0 Å². The first kappa shape index (κ1) is 15.3. The molecule has 0 aliphatic heterocycles. The first-order valence-electron chi connectivity index (χ1n) is 6.17. The number of carboxylic acids is 1. The summed E-state index contributed by atoms with van der Waals surface area (Å²) in [6, 6.07) is 4.33. The maximum atomic E-state index is 11.4. The number of hydrogen-bond donors (Lipinski definition) is 2. The Morgan fingerprint density at radius 1 is 1.32 bits per heavy atom. The molecule has 1 aromatic rings. The molecule has 0 fully saturated rings. The van der Waals surface area contributed by atoms with E-state index in [2.05, 4.69) is 5.32 Å². The van der Waals surface area contributed by atoms with E-state index in [1.165, 1.54) is 7.11 Å². The monoisotopic (exact) mass is 267 g/mol. The number of carbonyl (C=O) groups is 1. The minimum Gasteiger partial charge on any atom is -0.497 e. The number of aliphatic carboxylic acids is 1. The molecule has 0 spiro atoms. The molecule has 0 saturated carbocycles. The van der Waals surface area contributed by atoms with Crippen molar-refractivity contribution < 1.29 is 19.4 Å². The van der Waals surface area contributed by atoms with Crippen molar-refractivity contribution in [2.75, 3.05) is 20.8 Å². The molecule has 2 N–H and O–H groups in total. The van der Waals surface area contributed by atoms with E-state index >= 15 is 0 Å². The molecule has 19 heavy (non-hydrogen) atoms. The van der Waals surface area contributed by atoms with Crippen LogP contribution in [0.5, 0.6) is 11.5 Å². The summed E-state index contributed by atoms with van der Waals surface area (Å²) < 4.78 is 10.3. The van der Waals surface area contributed by atoms with Crippen molar-refractivity contribution >= 4 is 5.97 Å². The smallest absolute Gasteiger partial charge is 0.325 e. The van der Waals surface area contributed by atoms with Crippen LogP contribution in [0.4, 0.5) is 0 Å². The second-order valence-electron chi connectivity index (χ2n) is 4.68. The highest BCUT2D eigenvalue weighted by molar-refractivity contribution is 5.77. The summed E-state index contributed by atoms with van der Waals surface area (Å²) in [5.41, 5.74) is 0.594. The fourth-order valence-electron chi connectivity index (χ4n) is 1.74.